The molecule has 3 nitrogen and oxygen atoms in total. The smallest absolute Gasteiger partial charge is 0.261 e. The van der Waals surface area contributed by atoms with Crippen LogP contribution in [-0.4, -0.2) is 25.7 Å². The molecule has 0 saturated heterocycles. The van der Waals surface area contributed by atoms with Crippen LogP contribution in [0.15, 0.2) is 24.3 Å². The van der Waals surface area contributed by atoms with Gasteiger partial charge in [0.05, 0.1) is 17.5 Å². The summed E-state index contributed by atoms with van der Waals surface area (Å²) in [5.74, 6) is 0.156. The van der Waals surface area contributed by atoms with Crippen LogP contribution < -0.4 is 5.32 Å². The Morgan fingerprint density at radius 2 is 2.30 bits per heavy atom. The molecule has 0 bridgehead atoms. The van der Waals surface area contributed by atoms with Gasteiger partial charge < -0.3 is 10.1 Å². The van der Waals surface area contributed by atoms with Crippen molar-refractivity contribution in [3.05, 3.63) is 35.0 Å². The van der Waals surface area contributed by atoms with Crippen LogP contribution in [0, 0.1) is 11.7 Å². The van der Waals surface area contributed by atoms with E-state index in [2.05, 4.69) is 5.32 Å². The Morgan fingerprint density at radius 3 is 3.00 bits per heavy atom. The fourth-order valence-corrected chi connectivity index (χ4v) is 3.29. The van der Waals surface area contributed by atoms with Crippen molar-refractivity contribution in [3.8, 4) is 0 Å². The second-order valence-electron chi connectivity index (χ2n) is 5.17. The van der Waals surface area contributed by atoms with Crippen LogP contribution in [0.3, 0.4) is 0 Å². The number of halogens is 1. The maximum atomic E-state index is 13.2. The average molecular weight is 293 g/mol. The molecule has 1 aliphatic rings. The van der Waals surface area contributed by atoms with Crippen LogP contribution >= 0.6 is 11.3 Å². The third kappa shape index (κ3) is 2.83. The highest BCUT2D eigenvalue weighted by Gasteiger charge is 2.32. The number of benzene rings is 1. The number of nitrogens with one attached hydrogen (secondary N) is 1. The molecule has 1 unspecified atom stereocenters. The highest BCUT2D eigenvalue weighted by molar-refractivity contribution is 7.20. The molecule has 1 saturated carbocycles. The summed E-state index contributed by atoms with van der Waals surface area (Å²) in [6, 6.07) is 6.40. The first-order chi connectivity index (χ1) is 9.67. The normalized spacial score (nSPS) is 16.3. The fourth-order valence-electron chi connectivity index (χ4n) is 2.34. The maximum Gasteiger partial charge on any atom is 0.261 e. The quantitative estimate of drug-likeness (QED) is 0.919. The molecule has 1 aromatic carbocycles. The monoisotopic (exact) mass is 293 g/mol. The van der Waals surface area contributed by atoms with E-state index in [-0.39, 0.29) is 17.8 Å². The maximum absolute atomic E-state index is 13.2. The standard InChI is InChI=1S/C15H16FNO2S/c1-19-8-12(9-2-3-9)17-15(18)14-7-10-6-11(16)4-5-13(10)20-14/h4-7,9,12H,2-3,8H2,1H3,(H,17,18). The van der Waals surface area contributed by atoms with Gasteiger partial charge in [-0.15, -0.1) is 11.3 Å². The number of thiophene rings is 1. The molecule has 20 heavy (non-hydrogen) atoms. The third-order valence-electron chi connectivity index (χ3n) is 3.56. The highest BCUT2D eigenvalue weighted by atomic mass is 32.1. The van der Waals surface area contributed by atoms with Gasteiger partial charge in [-0.2, -0.15) is 0 Å². The second-order valence-corrected chi connectivity index (χ2v) is 6.25. The Hall–Kier alpha value is -1.46. The molecule has 5 heteroatoms. The molecule has 0 spiro atoms. The summed E-state index contributed by atoms with van der Waals surface area (Å²) < 4.78 is 19.2. The molecular weight excluding hydrogens is 277 g/mol. The Labute approximate surface area is 120 Å². The van der Waals surface area contributed by atoms with Crippen molar-refractivity contribution in [1.29, 1.82) is 0 Å². The molecule has 1 aliphatic carbocycles. The van der Waals surface area contributed by atoms with Crippen molar-refractivity contribution in [2.24, 2.45) is 5.92 Å². The van der Waals surface area contributed by atoms with Crippen molar-refractivity contribution >= 4 is 27.3 Å². The summed E-state index contributed by atoms with van der Waals surface area (Å²) in [4.78, 5) is 12.9. The van der Waals surface area contributed by atoms with Crippen molar-refractivity contribution in [3.63, 3.8) is 0 Å². The van der Waals surface area contributed by atoms with Crippen LogP contribution in [0.1, 0.15) is 22.5 Å². The Morgan fingerprint density at radius 1 is 1.50 bits per heavy atom. The second kappa shape index (κ2) is 5.50. The van der Waals surface area contributed by atoms with Gasteiger partial charge in [0, 0.05) is 11.8 Å². The third-order valence-corrected chi connectivity index (χ3v) is 4.67. The molecule has 3 rings (SSSR count). The Bertz CT molecular complexity index is 636. The minimum Gasteiger partial charge on any atom is -0.383 e. The van der Waals surface area contributed by atoms with E-state index < -0.39 is 0 Å². The zero-order valence-electron chi connectivity index (χ0n) is 11.2. The predicted octanol–water partition coefficient (Wildman–Crippen LogP) is 3.20. The molecule has 0 radical (unpaired) electrons. The summed E-state index contributed by atoms with van der Waals surface area (Å²) in [5.41, 5.74) is 0. The molecule has 1 fully saturated rings. The van der Waals surface area contributed by atoms with Crippen LogP contribution in [0.4, 0.5) is 4.39 Å². The van der Waals surface area contributed by atoms with Gasteiger partial charge >= 0.3 is 0 Å². The molecule has 106 valence electrons. The number of methoxy groups -OCH3 is 1. The molecular formula is C15H16FNO2S. The van der Waals surface area contributed by atoms with Crippen LogP contribution in [-0.2, 0) is 4.74 Å². The van der Waals surface area contributed by atoms with Gasteiger partial charge in [0.15, 0.2) is 0 Å². The lowest BCUT2D eigenvalue weighted by atomic mass is 10.2. The molecule has 1 atom stereocenters. The number of hydrogen-bond donors (Lipinski definition) is 1. The first kappa shape index (κ1) is 13.5. The van der Waals surface area contributed by atoms with E-state index in [1.807, 2.05) is 0 Å². The van der Waals surface area contributed by atoms with E-state index in [0.29, 0.717) is 17.4 Å². The van der Waals surface area contributed by atoms with Crippen molar-refractivity contribution in [2.45, 2.75) is 18.9 Å². The van der Waals surface area contributed by atoms with E-state index in [1.165, 1.54) is 23.5 Å². The van der Waals surface area contributed by atoms with Gasteiger partial charge in [-0.25, -0.2) is 4.39 Å². The van der Waals surface area contributed by atoms with Gasteiger partial charge in [0.1, 0.15) is 5.82 Å². The van der Waals surface area contributed by atoms with Crippen molar-refractivity contribution in [1.82, 2.24) is 5.32 Å². The van der Waals surface area contributed by atoms with E-state index in [0.717, 1.165) is 22.9 Å². The van der Waals surface area contributed by atoms with Crippen molar-refractivity contribution in [2.75, 3.05) is 13.7 Å². The summed E-state index contributed by atoms with van der Waals surface area (Å²) in [6.45, 7) is 0.538. The number of rotatable bonds is 5. The lowest BCUT2D eigenvalue weighted by Crippen LogP contribution is -2.39. The minimum absolute atomic E-state index is 0.0782. The van der Waals surface area contributed by atoms with E-state index >= 15 is 0 Å². The number of carbonyl (C=O) groups is 1. The zero-order chi connectivity index (χ0) is 14.1. The van der Waals surface area contributed by atoms with Gasteiger partial charge in [0.25, 0.3) is 5.91 Å². The summed E-state index contributed by atoms with van der Waals surface area (Å²) in [7, 11) is 1.64. The number of hydrogen-bond acceptors (Lipinski definition) is 3. The number of ether oxygens (including phenoxy) is 1. The van der Waals surface area contributed by atoms with Gasteiger partial charge in [0.2, 0.25) is 0 Å². The molecule has 1 aromatic heterocycles. The first-order valence-corrected chi connectivity index (χ1v) is 7.48. The topological polar surface area (TPSA) is 38.3 Å². The van der Waals surface area contributed by atoms with Crippen LogP contribution in [0.25, 0.3) is 10.1 Å². The molecule has 0 aliphatic heterocycles. The van der Waals surface area contributed by atoms with E-state index in [1.54, 1.807) is 19.2 Å². The Balaban J connectivity index is 1.77. The average Bonchev–Trinajstić information content (AvgIpc) is 3.17. The number of fused-ring (bicyclic) bond motifs is 1. The van der Waals surface area contributed by atoms with Crippen LogP contribution in [0.2, 0.25) is 0 Å². The molecule has 2 aromatic rings. The molecule has 1 amide bonds. The summed E-state index contributed by atoms with van der Waals surface area (Å²) in [6.07, 6.45) is 2.29. The van der Waals surface area contributed by atoms with Gasteiger partial charge in [-0.05, 0) is 48.4 Å². The van der Waals surface area contributed by atoms with Crippen molar-refractivity contribution < 1.29 is 13.9 Å². The number of amides is 1. The SMILES string of the molecule is COCC(NC(=O)c1cc2cc(F)ccc2s1)C1CC1. The largest absolute Gasteiger partial charge is 0.383 e. The Kier molecular flexibility index (Phi) is 3.72. The highest BCUT2D eigenvalue weighted by Crippen LogP contribution is 2.33. The summed E-state index contributed by atoms with van der Waals surface area (Å²) >= 11 is 1.39. The lowest BCUT2D eigenvalue weighted by Gasteiger charge is -2.16. The lowest BCUT2D eigenvalue weighted by molar-refractivity contribution is 0.0888. The zero-order valence-corrected chi connectivity index (χ0v) is 12.0. The fraction of sp³-hybridized carbons (Fsp3) is 0.400. The van der Waals surface area contributed by atoms with Gasteiger partial charge in [-0.1, -0.05) is 0 Å². The minimum atomic E-state index is -0.280. The number of carbonyl (C=O) groups excluding carboxylic acids is 1. The first-order valence-electron chi connectivity index (χ1n) is 6.66. The predicted molar refractivity (Wildman–Crippen MR) is 77.6 cm³/mol. The van der Waals surface area contributed by atoms with Crippen LogP contribution in [0.5, 0.6) is 0 Å². The molecule has 1 N–H and O–H groups in total. The summed E-state index contributed by atoms with van der Waals surface area (Å²) in [5, 5.41) is 3.80. The van der Waals surface area contributed by atoms with Gasteiger partial charge in [-0.3, -0.25) is 4.79 Å². The van der Waals surface area contributed by atoms with E-state index in [9.17, 15) is 9.18 Å². The van der Waals surface area contributed by atoms with E-state index in [4.69, 9.17) is 4.74 Å². The molecule has 1 heterocycles.